The van der Waals surface area contributed by atoms with E-state index in [0.29, 0.717) is 24.7 Å². The van der Waals surface area contributed by atoms with E-state index in [1.54, 1.807) is 20.2 Å². The second kappa shape index (κ2) is 5.62. The fraction of sp³-hybridized carbons (Fsp3) is 0.357. The maximum atomic E-state index is 12.5. The van der Waals surface area contributed by atoms with Gasteiger partial charge in [-0.2, -0.15) is 9.40 Å². The summed E-state index contributed by atoms with van der Waals surface area (Å²) in [4.78, 5) is 0.176. The minimum atomic E-state index is -3.56. The van der Waals surface area contributed by atoms with Gasteiger partial charge < -0.3 is 9.47 Å². The average Bonchev–Trinajstić information content (AvgIpc) is 2.94. The van der Waals surface area contributed by atoms with E-state index in [0.717, 1.165) is 5.56 Å². The highest BCUT2D eigenvalue weighted by Crippen LogP contribution is 2.31. The monoisotopic (exact) mass is 323 g/mol. The first-order valence-electron chi connectivity index (χ1n) is 6.80. The topological polar surface area (TPSA) is 73.7 Å². The van der Waals surface area contributed by atoms with Crippen LogP contribution in [0.3, 0.4) is 0 Å². The summed E-state index contributed by atoms with van der Waals surface area (Å²) in [6.45, 7) is 1.27. The maximum Gasteiger partial charge on any atom is 0.246 e. The first-order chi connectivity index (χ1) is 10.5. The number of fused-ring (bicyclic) bond motifs is 1. The molecule has 1 aliphatic heterocycles. The van der Waals surface area contributed by atoms with Crippen molar-refractivity contribution in [1.82, 2.24) is 14.1 Å². The molecule has 8 heteroatoms. The van der Waals surface area contributed by atoms with Crippen molar-refractivity contribution in [2.24, 2.45) is 7.05 Å². The number of ether oxygens (including phenoxy) is 2. The molecule has 7 nitrogen and oxygen atoms in total. The third kappa shape index (κ3) is 2.79. The molecule has 0 bridgehead atoms. The SMILES string of the molecule is CN(Cc1ccc2c(c1)OCCO2)S(=O)(=O)c1cnn(C)c1. The van der Waals surface area contributed by atoms with Crippen LogP contribution in [-0.4, -0.2) is 42.8 Å². The number of sulfonamides is 1. The molecular weight excluding hydrogens is 306 g/mol. The predicted molar refractivity (Wildman–Crippen MR) is 79.3 cm³/mol. The molecule has 1 aliphatic rings. The number of aromatic nitrogens is 2. The Morgan fingerprint density at radius 2 is 2.00 bits per heavy atom. The standard InChI is InChI=1S/C14H17N3O4S/c1-16-10-12(8-15-16)22(18,19)17(2)9-11-3-4-13-14(7-11)21-6-5-20-13/h3-4,7-8,10H,5-6,9H2,1-2H3. The molecule has 3 rings (SSSR count). The van der Waals surface area contributed by atoms with E-state index in [4.69, 9.17) is 9.47 Å². The normalized spacial score (nSPS) is 14.3. The molecule has 1 aromatic heterocycles. The molecule has 0 saturated carbocycles. The van der Waals surface area contributed by atoms with E-state index in [2.05, 4.69) is 5.10 Å². The van der Waals surface area contributed by atoms with Crippen molar-refractivity contribution >= 4 is 10.0 Å². The second-order valence-corrected chi connectivity index (χ2v) is 7.13. The molecule has 0 fully saturated rings. The molecule has 1 aromatic carbocycles. The summed E-state index contributed by atoms with van der Waals surface area (Å²) in [6, 6.07) is 5.45. The van der Waals surface area contributed by atoms with Crippen molar-refractivity contribution in [3.05, 3.63) is 36.2 Å². The van der Waals surface area contributed by atoms with Gasteiger partial charge in [0.25, 0.3) is 0 Å². The van der Waals surface area contributed by atoms with Crippen LogP contribution in [0.2, 0.25) is 0 Å². The second-order valence-electron chi connectivity index (χ2n) is 5.09. The summed E-state index contributed by atoms with van der Waals surface area (Å²) in [6.07, 6.45) is 2.82. The van der Waals surface area contributed by atoms with Crippen LogP contribution in [-0.2, 0) is 23.6 Å². The van der Waals surface area contributed by atoms with E-state index < -0.39 is 10.0 Å². The lowest BCUT2D eigenvalue weighted by atomic mass is 10.2. The van der Waals surface area contributed by atoms with Crippen LogP contribution in [0.1, 0.15) is 5.56 Å². The van der Waals surface area contributed by atoms with Crippen molar-refractivity contribution in [1.29, 1.82) is 0 Å². The van der Waals surface area contributed by atoms with E-state index in [1.165, 1.54) is 21.4 Å². The smallest absolute Gasteiger partial charge is 0.246 e. The minimum Gasteiger partial charge on any atom is -0.486 e. The van der Waals surface area contributed by atoms with Crippen LogP contribution in [0.15, 0.2) is 35.5 Å². The molecule has 2 heterocycles. The van der Waals surface area contributed by atoms with Crippen LogP contribution < -0.4 is 9.47 Å². The molecule has 0 radical (unpaired) electrons. The van der Waals surface area contributed by atoms with Crippen LogP contribution in [0, 0.1) is 0 Å². The number of hydrogen-bond donors (Lipinski definition) is 0. The lowest BCUT2D eigenvalue weighted by molar-refractivity contribution is 0.171. The van der Waals surface area contributed by atoms with Gasteiger partial charge in [0.2, 0.25) is 10.0 Å². The van der Waals surface area contributed by atoms with E-state index in [1.807, 2.05) is 12.1 Å². The van der Waals surface area contributed by atoms with Gasteiger partial charge in [0, 0.05) is 26.8 Å². The summed E-state index contributed by atoms with van der Waals surface area (Å²) < 4.78 is 38.6. The quantitative estimate of drug-likeness (QED) is 0.839. The lowest BCUT2D eigenvalue weighted by Gasteiger charge is -2.20. The number of rotatable bonds is 4. The Labute approximate surface area is 129 Å². The van der Waals surface area contributed by atoms with Crippen molar-refractivity contribution < 1.29 is 17.9 Å². The summed E-state index contributed by atoms with van der Waals surface area (Å²) in [5.41, 5.74) is 0.833. The third-order valence-corrected chi connectivity index (χ3v) is 5.16. The fourth-order valence-electron chi connectivity index (χ4n) is 2.24. The zero-order valence-electron chi connectivity index (χ0n) is 12.4. The third-order valence-electron chi connectivity index (χ3n) is 3.40. The van der Waals surface area contributed by atoms with Gasteiger partial charge >= 0.3 is 0 Å². The average molecular weight is 323 g/mol. The lowest BCUT2D eigenvalue weighted by Crippen LogP contribution is -2.26. The molecule has 0 spiro atoms. The first-order valence-corrected chi connectivity index (χ1v) is 8.24. The van der Waals surface area contributed by atoms with Crippen molar-refractivity contribution in [2.75, 3.05) is 20.3 Å². The molecule has 0 aliphatic carbocycles. The van der Waals surface area contributed by atoms with E-state index in [9.17, 15) is 8.42 Å². The highest BCUT2D eigenvalue weighted by atomic mass is 32.2. The molecular formula is C14H17N3O4S. The van der Waals surface area contributed by atoms with Crippen LogP contribution in [0.5, 0.6) is 11.5 Å². The number of nitrogens with zero attached hydrogens (tertiary/aromatic N) is 3. The van der Waals surface area contributed by atoms with Crippen LogP contribution in [0.4, 0.5) is 0 Å². The Bertz CT molecular complexity index is 785. The molecule has 0 N–H and O–H groups in total. The zero-order chi connectivity index (χ0) is 15.7. The Hall–Kier alpha value is -2.06. The van der Waals surface area contributed by atoms with Gasteiger partial charge in [-0.1, -0.05) is 6.07 Å². The molecule has 2 aromatic rings. The maximum absolute atomic E-state index is 12.5. The number of benzene rings is 1. The minimum absolute atomic E-state index is 0.176. The molecule has 118 valence electrons. The molecule has 0 amide bonds. The van der Waals surface area contributed by atoms with Gasteiger partial charge in [0.15, 0.2) is 11.5 Å². The van der Waals surface area contributed by atoms with Gasteiger partial charge in [-0.15, -0.1) is 0 Å². The Kier molecular flexibility index (Phi) is 3.79. The van der Waals surface area contributed by atoms with Gasteiger partial charge in [-0.3, -0.25) is 4.68 Å². The van der Waals surface area contributed by atoms with Crippen LogP contribution in [0.25, 0.3) is 0 Å². The van der Waals surface area contributed by atoms with Crippen molar-refractivity contribution in [3.8, 4) is 11.5 Å². The Balaban J connectivity index is 1.80. The molecule has 0 atom stereocenters. The van der Waals surface area contributed by atoms with Gasteiger partial charge in [-0.25, -0.2) is 8.42 Å². The molecule has 0 saturated heterocycles. The summed E-state index contributed by atoms with van der Waals surface area (Å²) in [5.74, 6) is 1.34. The van der Waals surface area contributed by atoms with Crippen molar-refractivity contribution in [2.45, 2.75) is 11.4 Å². The number of aryl methyl sites for hydroxylation is 1. The Morgan fingerprint density at radius 1 is 1.27 bits per heavy atom. The molecule has 22 heavy (non-hydrogen) atoms. The Morgan fingerprint density at radius 3 is 2.68 bits per heavy atom. The fourth-order valence-corrected chi connectivity index (χ4v) is 3.39. The summed E-state index contributed by atoms with van der Waals surface area (Å²) >= 11 is 0. The van der Waals surface area contributed by atoms with Gasteiger partial charge in [0.05, 0.1) is 6.20 Å². The van der Waals surface area contributed by atoms with E-state index >= 15 is 0 Å². The van der Waals surface area contributed by atoms with Gasteiger partial charge in [-0.05, 0) is 17.7 Å². The largest absolute Gasteiger partial charge is 0.486 e. The van der Waals surface area contributed by atoms with Crippen LogP contribution >= 0.6 is 0 Å². The highest BCUT2D eigenvalue weighted by molar-refractivity contribution is 7.89. The van der Waals surface area contributed by atoms with Gasteiger partial charge in [0.1, 0.15) is 18.1 Å². The summed E-state index contributed by atoms with van der Waals surface area (Å²) in [7, 11) is -0.338. The number of hydrogen-bond acceptors (Lipinski definition) is 5. The summed E-state index contributed by atoms with van der Waals surface area (Å²) in [5, 5.41) is 3.90. The zero-order valence-corrected chi connectivity index (χ0v) is 13.2. The first kappa shape index (κ1) is 14.9. The van der Waals surface area contributed by atoms with Crippen molar-refractivity contribution in [3.63, 3.8) is 0 Å². The predicted octanol–water partition coefficient (Wildman–Crippen LogP) is 1.01. The highest BCUT2D eigenvalue weighted by Gasteiger charge is 2.23. The molecule has 0 unspecified atom stereocenters. The van der Waals surface area contributed by atoms with E-state index in [-0.39, 0.29) is 11.4 Å².